The molecule has 3 rings (SSSR count). The number of carbonyl (C=O) groups is 1. The van der Waals surface area contributed by atoms with E-state index in [1.165, 1.54) is 11.8 Å². The molecule has 1 amide bonds. The van der Waals surface area contributed by atoms with E-state index in [-0.39, 0.29) is 24.3 Å². The maximum Gasteiger partial charge on any atom is 0.230 e. The summed E-state index contributed by atoms with van der Waals surface area (Å²) in [6, 6.07) is 15.5. The molecule has 0 saturated heterocycles. The van der Waals surface area contributed by atoms with Gasteiger partial charge < -0.3 is 14.8 Å². The first kappa shape index (κ1) is 23.4. The van der Waals surface area contributed by atoms with Gasteiger partial charge in [-0.25, -0.2) is 0 Å². The predicted molar refractivity (Wildman–Crippen MR) is 126 cm³/mol. The lowest BCUT2D eigenvalue weighted by Gasteiger charge is -2.14. The average molecular weight is 453 g/mol. The van der Waals surface area contributed by atoms with Gasteiger partial charge in [0.05, 0.1) is 18.9 Å². The molecule has 1 atom stereocenters. The molecule has 1 aromatic heterocycles. The summed E-state index contributed by atoms with van der Waals surface area (Å²) in [5, 5.41) is 12.2. The van der Waals surface area contributed by atoms with Gasteiger partial charge in [-0.05, 0) is 37.1 Å². The fourth-order valence-corrected chi connectivity index (χ4v) is 3.90. The largest absolute Gasteiger partial charge is 0.493 e. The number of benzene rings is 2. The zero-order valence-electron chi connectivity index (χ0n) is 18.6. The highest BCUT2D eigenvalue weighted by Gasteiger charge is 2.16. The van der Waals surface area contributed by atoms with Crippen molar-refractivity contribution in [3.63, 3.8) is 0 Å². The Morgan fingerprint density at radius 2 is 2.00 bits per heavy atom. The minimum atomic E-state index is -0.0679. The molecule has 3 aromatic rings. The summed E-state index contributed by atoms with van der Waals surface area (Å²) in [5.41, 5.74) is 2.15. The smallest absolute Gasteiger partial charge is 0.230 e. The first-order valence-electron chi connectivity index (χ1n) is 10.3. The number of aromatic nitrogens is 3. The summed E-state index contributed by atoms with van der Waals surface area (Å²) in [4.78, 5) is 12.4. The van der Waals surface area contributed by atoms with Crippen molar-refractivity contribution < 1.29 is 14.3 Å². The highest BCUT2D eigenvalue weighted by atomic mass is 32.2. The van der Waals surface area contributed by atoms with Crippen molar-refractivity contribution >= 4 is 17.7 Å². The third-order valence-corrected chi connectivity index (χ3v) is 5.76. The topological polar surface area (TPSA) is 78.3 Å². The Labute approximate surface area is 192 Å². The third kappa shape index (κ3) is 6.13. The summed E-state index contributed by atoms with van der Waals surface area (Å²) in [6.45, 7) is 8.51. The van der Waals surface area contributed by atoms with Crippen LogP contribution in [0.15, 0.2) is 66.3 Å². The second-order valence-electron chi connectivity index (χ2n) is 7.23. The van der Waals surface area contributed by atoms with Crippen LogP contribution in [-0.2, 0) is 17.9 Å². The normalized spacial score (nSPS) is 11.6. The van der Waals surface area contributed by atoms with Crippen molar-refractivity contribution in [3.05, 3.63) is 78.1 Å². The van der Waals surface area contributed by atoms with E-state index in [0.717, 1.165) is 11.1 Å². The summed E-state index contributed by atoms with van der Waals surface area (Å²) < 4.78 is 13.2. The average Bonchev–Trinajstić information content (AvgIpc) is 3.19. The number of nitrogens with zero attached hydrogens (tertiary/aromatic N) is 3. The molecular formula is C24H28N4O3S. The monoisotopic (exact) mass is 452 g/mol. The molecule has 0 fully saturated rings. The molecule has 2 aromatic carbocycles. The van der Waals surface area contributed by atoms with Crippen LogP contribution in [0.5, 0.6) is 11.5 Å². The Morgan fingerprint density at radius 3 is 2.72 bits per heavy atom. The molecule has 168 valence electrons. The molecule has 7 nitrogen and oxygen atoms in total. The number of ether oxygens (including phenoxy) is 2. The Hall–Kier alpha value is -3.26. The third-order valence-electron chi connectivity index (χ3n) is 4.79. The first-order chi connectivity index (χ1) is 15.5. The number of methoxy groups -OCH3 is 1. The number of hydrogen-bond acceptors (Lipinski definition) is 6. The quantitative estimate of drug-likeness (QED) is 0.345. The molecule has 0 aliphatic heterocycles. The van der Waals surface area contributed by atoms with E-state index in [1.54, 1.807) is 13.2 Å². The summed E-state index contributed by atoms with van der Waals surface area (Å²) >= 11 is 1.33. The second kappa shape index (κ2) is 11.4. The second-order valence-corrected chi connectivity index (χ2v) is 8.17. The molecule has 0 bridgehead atoms. The minimum absolute atomic E-state index is 0.0659. The van der Waals surface area contributed by atoms with Gasteiger partial charge in [0.15, 0.2) is 22.5 Å². The number of amides is 1. The number of aryl methyl sites for hydroxylation is 1. The lowest BCUT2D eigenvalue weighted by molar-refractivity contribution is -0.119. The van der Waals surface area contributed by atoms with Crippen LogP contribution >= 0.6 is 11.8 Å². The SMILES string of the molecule is C=CCn1c(COc2ccc(C)cc2OC)nnc1SCC(=O)NC(C)c1ccccc1. The Bertz CT molecular complexity index is 1050. The Kier molecular flexibility index (Phi) is 8.33. The molecule has 1 heterocycles. The number of allylic oxidation sites excluding steroid dienone is 1. The first-order valence-corrected chi connectivity index (χ1v) is 11.3. The van der Waals surface area contributed by atoms with Crippen LogP contribution in [0.3, 0.4) is 0 Å². The van der Waals surface area contributed by atoms with Gasteiger partial charge in [0.2, 0.25) is 5.91 Å². The van der Waals surface area contributed by atoms with E-state index >= 15 is 0 Å². The van der Waals surface area contributed by atoms with Gasteiger partial charge in [0.1, 0.15) is 6.61 Å². The molecule has 0 saturated carbocycles. The molecule has 0 radical (unpaired) electrons. The Morgan fingerprint density at radius 1 is 1.22 bits per heavy atom. The van der Waals surface area contributed by atoms with Gasteiger partial charge in [0.25, 0.3) is 0 Å². The highest BCUT2D eigenvalue weighted by Crippen LogP contribution is 2.28. The van der Waals surface area contributed by atoms with Crippen molar-refractivity contribution in [1.29, 1.82) is 0 Å². The van der Waals surface area contributed by atoms with E-state index in [0.29, 0.717) is 29.0 Å². The molecule has 32 heavy (non-hydrogen) atoms. The zero-order chi connectivity index (χ0) is 22.9. The van der Waals surface area contributed by atoms with Gasteiger partial charge in [-0.1, -0.05) is 54.2 Å². The van der Waals surface area contributed by atoms with Crippen LogP contribution in [-0.4, -0.2) is 33.5 Å². The van der Waals surface area contributed by atoms with Crippen LogP contribution in [0.25, 0.3) is 0 Å². The summed E-state index contributed by atoms with van der Waals surface area (Å²) in [7, 11) is 1.61. The highest BCUT2D eigenvalue weighted by molar-refractivity contribution is 7.99. The summed E-state index contributed by atoms with van der Waals surface area (Å²) in [6.07, 6.45) is 1.76. The van der Waals surface area contributed by atoms with Crippen LogP contribution in [0.2, 0.25) is 0 Å². The molecule has 0 spiro atoms. The van der Waals surface area contributed by atoms with Gasteiger partial charge >= 0.3 is 0 Å². The van der Waals surface area contributed by atoms with E-state index in [1.807, 2.05) is 66.9 Å². The van der Waals surface area contributed by atoms with Crippen molar-refractivity contribution in [1.82, 2.24) is 20.1 Å². The number of nitrogens with one attached hydrogen (secondary N) is 1. The molecule has 0 aliphatic carbocycles. The van der Waals surface area contributed by atoms with Gasteiger partial charge in [-0.15, -0.1) is 16.8 Å². The fraction of sp³-hybridized carbons (Fsp3) is 0.292. The maximum absolute atomic E-state index is 12.4. The lowest BCUT2D eigenvalue weighted by Crippen LogP contribution is -2.28. The summed E-state index contributed by atoms with van der Waals surface area (Å²) in [5.74, 6) is 2.11. The van der Waals surface area contributed by atoms with Crippen LogP contribution in [0.4, 0.5) is 0 Å². The van der Waals surface area contributed by atoms with Crippen LogP contribution in [0.1, 0.15) is 29.9 Å². The van der Waals surface area contributed by atoms with E-state index in [2.05, 4.69) is 22.1 Å². The zero-order valence-corrected chi connectivity index (χ0v) is 19.4. The number of hydrogen-bond donors (Lipinski definition) is 1. The van der Waals surface area contributed by atoms with Crippen LogP contribution in [0, 0.1) is 6.92 Å². The van der Waals surface area contributed by atoms with Gasteiger partial charge in [0, 0.05) is 6.54 Å². The fourth-order valence-electron chi connectivity index (χ4n) is 3.12. The number of thioether (sulfide) groups is 1. The van der Waals surface area contributed by atoms with Crippen molar-refractivity contribution in [2.75, 3.05) is 12.9 Å². The molecule has 1 unspecified atom stereocenters. The molecule has 0 aliphatic rings. The molecule has 1 N–H and O–H groups in total. The molecule has 8 heteroatoms. The minimum Gasteiger partial charge on any atom is -0.493 e. The van der Waals surface area contributed by atoms with E-state index in [4.69, 9.17) is 9.47 Å². The maximum atomic E-state index is 12.4. The molecular weight excluding hydrogens is 424 g/mol. The van der Waals surface area contributed by atoms with Gasteiger partial charge in [-0.2, -0.15) is 0 Å². The van der Waals surface area contributed by atoms with Crippen LogP contribution < -0.4 is 14.8 Å². The number of carbonyl (C=O) groups excluding carboxylic acids is 1. The Balaban J connectivity index is 1.62. The van der Waals surface area contributed by atoms with Crippen molar-refractivity contribution in [3.8, 4) is 11.5 Å². The van der Waals surface area contributed by atoms with Crippen molar-refractivity contribution in [2.45, 2.75) is 38.2 Å². The standard InChI is InChI=1S/C24H28N4O3S/c1-5-13-28-22(15-31-20-12-11-17(2)14-21(20)30-4)26-27-24(28)32-16-23(29)25-18(3)19-9-7-6-8-10-19/h5-12,14,18H,1,13,15-16H2,2-4H3,(H,25,29). The predicted octanol–water partition coefficient (Wildman–Crippen LogP) is 4.33. The van der Waals surface area contributed by atoms with E-state index < -0.39 is 0 Å². The lowest BCUT2D eigenvalue weighted by atomic mass is 10.1. The number of rotatable bonds is 11. The van der Waals surface area contributed by atoms with Crippen molar-refractivity contribution in [2.24, 2.45) is 0 Å². The van der Waals surface area contributed by atoms with Gasteiger partial charge in [-0.3, -0.25) is 9.36 Å². The van der Waals surface area contributed by atoms with E-state index in [9.17, 15) is 4.79 Å².